The maximum atomic E-state index is 6.09. The largest absolute Gasteiger partial charge is 0.496 e. The number of methoxy groups -OCH3 is 1. The zero-order valence-electron chi connectivity index (χ0n) is 14.0. The first-order valence-electron chi connectivity index (χ1n) is 8.57. The molecule has 1 unspecified atom stereocenters. The topological polar surface area (TPSA) is 30.9 Å². The summed E-state index contributed by atoms with van der Waals surface area (Å²) in [7, 11) is 1.75. The molecule has 0 aromatic heterocycles. The summed E-state index contributed by atoms with van der Waals surface area (Å²) in [5, 5.41) is 0. The van der Waals surface area contributed by atoms with Crippen molar-refractivity contribution in [1.29, 1.82) is 0 Å². The fourth-order valence-electron chi connectivity index (χ4n) is 3.70. The number of para-hydroxylation sites is 3. The summed E-state index contributed by atoms with van der Waals surface area (Å²) in [6.45, 7) is 3.65. The summed E-state index contributed by atoms with van der Waals surface area (Å²) in [5.41, 5.74) is 1.31. The van der Waals surface area contributed by atoms with E-state index in [4.69, 9.17) is 14.2 Å². The van der Waals surface area contributed by atoms with E-state index in [1.54, 1.807) is 7.11 Å². The highest BCUT2D eigenvalue weighted by Crippen LogP contribution is 2.35. The lowest BCUT2D eigenvalue weighted by molar-refractivity contribution is 0.0647. The second-order valence-corrected chi connectivity index (χ2v) is 6.48. The summed E-state index contributed by atoms with van der Waals surface area (Å²) in [4.78, 5) is 2.47. The second-order valence-electron chi connectivity index (χ2n) is 6.48. The van der Waals surface area contributed by atoms with E-state index in [0.717, 1.165) is 43.3 Å². The van der Waals surface area contributed by atoms with Crippen LogP contribution in [0.25, 0.3) is 0 Å². The van der Waals surface area contributed by atoms with Gasteiger partial charge in [-0.05, 0) is 36.7 Å². The Morgan fingerprint density at radius 2 is 1.88 bits per heavy atom. The van der Waals surface area contributed by atoms with Gasteiger partial charge < -0.3 is 14.2 Å². The Morgan fingerprint density at radius 3 is 2.75 bits per heavy atom. The van der Waals surface area contributed by atoms with Crippen LogP contribution < -0.4 is 14.2 Å². The first kappa shape index (κ1) is 15.3. The first-order valence-corrected chi connectivity index (χ1v) is 8.57. The van der Waals surface area contributed by atoms with Gasteiger partial charge in [-0.2, -0.15) is 0 Å². The van der Waals surface area contributed by atoms with E-state index >= 15 is 0 Å². The van der Waals surface area contributed by atoms with E-state index < -0.39 is 0 Å². The number of benzene rings is 2. The van der Waals surface area contributed by atoms with E-state index in [0.29, 0.717) is 12.5 Å². The number of likely N-dealkylation sites (tertiary alicyclic amines) is 1. The molecule has 24 heavy (non-hydrogen) atoms. The van der Waals surface area contributed by atoms with Crippen LogP contribution in [0, 0.1) is 0 Å². The first-order chi connectivity index (χ1) is 11.8. The number of ether oxygens (including phenoxy) is 3. The van der Waals surface area contributed by atoms with Gasteiger partial charge in [-0.1, -0.05) is 30.3 Å². The van der Waals surface area contributed by atoms with Gasteiger partial charge in [0.25, 0.3) is 0 Å². The smallest absolute Gasteiger partial charge is 0.161 e. The van der Waals surface area contributed by atoms with Crippen molar-refractivity contribution < 1.29 is 14.2 Å². The van der Waals surface area contributed by atoms with Crippen molar-refractivity contribution in [2.45, 2.75) is 18.4 Å². The van der Waals surface area contributed by atoms with Crippen LogP contribution >= 0.6 is 0 Å². The molecule has 0 aliphatic carbocycles. The third-order valence-corrected chi connectivity index (χ3v) is 4.88. The van der Waals surface area contributed by atoms with Crippen LogP contribution in [-0.4, -0.2) is 44.4 Å². The van der Waals surface area contributed by atoms with E-state index in [1.165, 1.54) is 5.56 Å². The molecule has 0 amide bonds. The average molecular weight is 325 g/mol. The Balaban J connectivity index is 1.38. The van der Waals surface area contributed by atoms with Gasteiger partial charge in [-0.25, -0.2) is 0 Å². The molecule has 0 spiro atoms. The molecule has 2 aliphatic heterocycles. The van der Waals surface area contributed by atoms with Crippen LogP contribution in [0.15, 0.2) is 48.5 Å². The van der Waals surface area contributed by atoms with E-state index in [2.05, 4.69) is 17.0 Å². The zero-order chi connectivity index (χ0) is 16.4. The molecule has 2 atom stereocenters. The van der Waals surface area contributed by atoms with Crippen molar-refractivity contribution in [2.75, 3.05) is 33.4 Å². The lowest BCUT2D eigenvalue weighted by Gasteiger charge is -2.29. The van der Waals surface area contributed by atoms with Crippen LogP contribution in [0.5, 0.6) is 17.2 Å². The van der Waals surface area contributed by atoms with Gasteiger partial charge in [0.05, 0.1) is 7.11 Å². The van der Waals surface area contributed by atoms with Crippen LogP contribution in [0.3, 0.4) is 0 Å². The lowest BCUT2D eigenvalue weighted by Crippen LogP contribution is -2.40. The molecule has 2 aromatic rings. The minimum Gasteiger partial charge on any atom is -0.496 e. The molecule has 4 heteroatoms. The fourth-order valence-corrected chi connectivity index (χ4v) is 3.70. The molecule has 4 rings (SSSR count). The molecule has 2 heterocycles. The molecule has 0 bridgehead atoms. The molecule has 0 saturated carbocycles. The number of fused-ring (bicyclic) bond motifs is 1. The Bertz CT molecular complexity index is 703. The molecule has 1 fully saturated rings. The third-order valence-electron chi connectivity index (χ3n) is 4.88. The monoisotopic (exact) mass is 325 g/mol. The van der Waals surface area contributed by atoms with Crippen LogP contribution in [0.2, 0.25) is 0 Å². The van der Waals surface area contributed by atoms with Gasteiger partial charge in [0.15, 0.2) is 11.5 Å². The normalized spacial score (nSPS) is 23.2. The van der Waals surface area contributed by atoms with E-state index in [-0.39, 0.29) is 6.10 Å². The lowest BCUT2D eigenvalue weighted by atomic mass is 9.97. The highest BCUT2D eigenvalue weighted by molar-refractivity contribution is 5.41. The molecule has 4 nitrogen and oxygen atoms in total. The van der Waals surface area contributed by atoms with Gasteiger partial charge in [-0.15, -0.1) is 0 Å². The molecule has 126 valence electrons. The standard InChI is InChI=1S/C20H23NO3/c1-22-18-7-3-2-6-17(18)15-10-11-21(12-15)13-16-14-23-19-8-4-5-9-20(19)24-16/h2-9,15-16H,10-14H2,1H3/t15?,16-/m0/s1. The predicted molar refractivity (Wildman–Crippen MR) is 93.1 cm³/mol. The molecule has 2 aliphatic rings. The van der Waals surface area contributed by atoms with Gasteiger partial charge in [0, 0.05) is 19.0 Å². The molecule has 0 radical (unpaired) electrons. The Kier molecular flexibility index (Phi) is 4.30. The Morgan fingerprint density at radius 1 is 1.08 bits per heavy atom. The van der Waals surface area contributed by atoms with Gasteiger partial charge in [0.1, 0.15) is 18.5 Å². The summed E-state index contributed by atoms with van der Waals surface area (Å²) in [5.74, 6) is 3.23. The van der Waals surface area contributed by atoms with Gasteiger partial charge >= 0.3 is 0 Å². The SMILES string of the molecule is COc1ccccc1C1CCN(C[C@H]2COc3ccccc3O2)C1. The van der Waals surface area contributed by atoms with Crippen LogP contribution in [-0.2, 0) is 0 Å². The summed E-state index contributed by atoms with van der Waals surface area (Å²) >= 11 is 0. The minimum atomic E-state index is 0.0938. The quantitative estimate of drug-likeness (QED) is 0.863. The Labute approximate surface area is 142 Å². The highest BCUT2D eigenvalue weighted by atomic mass is 16.6. The Hall–Kier alpha value is -2.20. The molecule has 1 saturated heterocycles. The molecular weight excluding hydrogens is 302 g/mol. The van der Waals surface area contributed by atoms with Gasteiger partial charge in [0.2, 0.25) is 0 Å². The summed E-state index contributed by atoms with van der Waals surface area (Å²) in [6.07, 6.45) is 1.25. The van der Waals surface area contributed by atoms with Crippen LogP contribution in [0.4, 0.5) is 0 Å². The average Bonchev–Trinajstić information content (AvgIpc) is 3.10. The van der Waals surface area contributed by atoms with Gasteiger partial charge in [-0.3, -0.25) is 4.90 Å². The molecule has 2 aromatic carbocycles. The van der Waals surface area contributed by atoms with Crippen molar-refractivity contribution in [3.8, 4) is 17.2 Å². The van der Waals surface area contributed by atoms with Crippen molar-refractivity contribution >= 4 is 0 Å². The second kappa shape index (κ2) is 6.73. The molecule has 0 N–H and O–H groups in total. The van der Waals surface area contributed by atoms with E-state index in [1.807, 2.05) is 36.4 Å². The number of nitrogens with zero attached hydrogens (tertiary/aromatic N) is 1. The maximum absolute atomic E-state index is 6.09. The zero-order valence-corrected chi connectivity index (χ0v) is 14.0. The van der Waals surface area contributed by atoms with Crippen molar-refractivity contribution in [1.82, 2.24) is 4.90 Å². The summed E-state index contributed by atoms with van der Waals surface area (Å²) < 4.78 is 17.4. The fraction of sp³-hybridized carbons (Fsp3) is 0.400. The van der Waals surface area contributed by atoms with Crippen molar-refractivity contribution in [3.63, 3.8) is 0 Å². The summed E-state index contributed by atoms with van der Waals surface area (Å²) in [6, 6.07) is 16.2. The van der Waals surface area contributed by atoms with Crippen molar-refractivity contribution in [2.24, 2.45) is 0 Å². The van der Waals surface area contributed by atoms with E-state index in [9.17, 15) is 0 Å². The number of rotatable bonds is 4. The predicted octanol–water partition coefficient (Wildman–Crippen LogP) is 3.32. The molecular formula is C20H23NO3. The number of hydrogen-bond donors (Lipinski definition) is 0. The van der Waals surface area contributed by atoms with Crippen LogP contribution in [0.1, 0.15) is 17.9 Å². The minimum absolute atomic E-state index is 0.0938. The highest BCUT2D eigenvalue weighted by Gasteiger charge is 2.29. The van der Waals surface area contributed by atoms with Crippen molar-refractivity contribution in [3.05, 3.63) is 54.1 Å². The maximum Gasteiger partial charge on any atom is 0.161 e. The number of hydrogen-bond acceptors (Lipinski definition) is 4. The third kappa shape index (κ3) is 3.06.